The van der Waals surface area contributed by atoms with E-state index >= 15 is 0 Å². The van der Waals surface area contributed by atoms with Gasteiger partial charge in [-0.15, -0.1) is 0 Å². The van der Waals surface area contributed by atoms with E-state index in [9.17, 15) is 0 Å². The van der Waals surface area contributed by atoms with E-state index in [2.05, 4.69) is 22.6 Å². The van der Waals surface area contributed by atoms with Crippen LogP contribution < -0.4 is 0 Å². The molecule has 0 aromatic heterocycles. The van der Waals surface area contributed by atoms with E-state index in [0.717, 1.165) is 25.6 Å². The number of rotatable bonds is 5. The molecule has 0 bridgehead atoms. The number of hydrogen-bond donors (Lipinski definition) is 0. The third kappa shape index (κ3) is 4.35. The summed E-state index contributed by atoms with van der Waals surface area (Å²) in [6.45, 7) is 0.510. The summed E-state index contributed by atoms with van der Waals surface area (Å²) in [7, 11) is 0. The molecule has 0 saturated carbocycles. The van der Waals surface area contributed by atoms with E-state index in [-0.39, 0.29) is 6.10 Å². The largest absolute Gasteiger partial charge is 0.368 e. The zero-order valence-corrected chi connectivity index (χ0v) is 13.8. The molecule has 0 fully saturated rings. The van der Waals surface area contributed by atoms with E-state index in [4.69, 9.17) is 27.9 Å². The number of ether oxygens (including phenoxy) is 1. The quantitative estimate of drug-likeness (QED) is 0.458. The molecule has 1 nitrogen and oxygen atoms in total. The van der Waals surface area contributed by atoms with E-state index in [1.807, 2.05) is 48.5 Å². The monoisotopic (exact) mass is 406 g/mol. The van der Waals surface area contributed by atoms with Crippen LogP contribution in [-0.2, 0) is 11.3 Å². The predicted molar refractivity (Wildman–Crippen MR) is 89.3 cm³/mol. The maximum atomic E-state index is 6.12. The van der Waals surface area contributed by atoms with Crippen molar-refractivity contribution in [3.63, 3.8) is 0 Å². The number of halogens is 3. The van der Waals surface area contributed by atoms with Crippen LogP contribution in [-0.4, -0.2) is 4.43 Å². The lowest BCUT2D eigenvalue weighted by Crippen LogP contribution is -2.06. The fourth-order valence-electron chi connectivity index (χ4n) is 1.71. The summed E-state index contributed by atoms with van der Waals surface area (Å²) < 4.78 is 6.83. The van der Waals surface area contributed by atoms with Crippen LogP contribution >= 0.6 is 45.8 Å². The Bertz CT molecular complexity index is 528. The van der Waals surface area contributed by atoms with Crippen molar-refractivity contribution >= 4 is 45.8 Å². The van der Waals surface area contributed by atoms with Crippen molar-refractivity contribution in [3.05, 3.63) is 69.7 Å². The Balaban J connectivity index is 2.04. The molecule has 0 N–H and O–H groups in total. The molecule has 2 rings (SSSR count). The smallest absolute Gasteiger partial charge is 0.0918 e. The summed E-state index contributed by atoms with van der Waals surface area (Å²) in [6, 6.07) is 15.5. The molecule has 1 unspecified atom stereocenters. The fourth-order valence-corrected chi connectivity index (χ4v) is 2.79. The van der Waals surface area contributed by atoms with Gasteiger partial charge in [0.2, 0.25) is 0 Å². The van der Waals surface area contributed by atoms with Gasteiger partial charge < -0.3 is 4.74 Å². The lowest BCUT2D eigenvalue weighted by Gasteiger charge is -2.16. The molecule has 0 spiro atoms. The summed E-state index contributed by atoms with van der Waals surface area (Å²) >= 11 is 14.3. The molecule has 0 radical (unpaired) electrons. The first-order valence-corrected chi connectivity index (χ1v) is 8.15. The molecule has 1 atom stereocenters. The summed E-state index contributed by atoms with van der Waals surface area (Å²) in [6.07, 6.45) is 0.0501. The van der Waals surface area contributed by atoms with Crippen LogP contribution in [0.25, 0.3) is 0 Å². The average Bonchev–Trinajstić information content (AvgIpc) is 2.43. The molecule has 2 aromatic rings. The fraction of sp³-hybridized carbons (Fsp3) is 0.200. The van der Waals surface area contributed by atoms with Crippen LogP contribution in [0.2, 0.25) is 10.0 Å². The molecule has 0 heterocycles. The standard InChI is InChI=1S/C15H13Cl2IO/c16-13-7-5-11(6-8-13)15(9-18)19-10-12-3-1-2-4-14(12)17/h1-8,15H,9-10H2. The highest BCUT2D eigenvalue weighted by molar-refractivity contribution is 14.1. The Morgan fingerprint density at radius 1 is 1.00 bits per heavy atom. The molecular formula is C15H13Cl2IO. The first kappa shape index (κ1) is 15.1. The lowest BCUT2D eigenvalue weighted by atomic mass is 10.1. The zero-order chi connectivity index (χ0) is 13.7. The second-order valence-electron chi connectivity index (χ2n) is 4.10. The Morgan fingerprint density at radius 3 is 2.32 bits per heavy atom. The van der Waals surface area contributed by atoms with Gasteiger partial charge in [0.15, 0.2) is 0 Å². The van der Waals surface area contributed by atoms with Gasteiger partial charge in [0.25, 0.3) is 0 Å². The van der Waals surface area contributed by atoms with Crippen molar-refractivity contribution in [1.82, 2.24) is 0 Å². The summed E-state index contributed by atoms with van der Waals surface area (Å²) in [5.74, 6) is 0. The minimum atomic E-state index is 0.0501. The maximum Gasteiger partial charge on any atom is 0.0918 e. The van der Waals surface area contributed by atoms with Crippen molar-refractivity contribution in [2.75, 3.05) is 4.43 Å². The molecule has 0 amide bonds. The second kappa shape index (κ2) is 7.48. The molecule has 0 aliphatic carbocycles. The third-order valence-corrected chi connectivity index (χ3v) is 4.20. The van der Waals surface area contributed by atoms with Crippen molar-refractivity contribution in [3.8, 4) is 0 Å². The minimum Gasteiger partial charge on any atom is -0.368 e. The summed E-state index contributed by atoms with van der Waals surface area (Å²) in [5.41, 5.74) is 2.14. The van der Waals surface area contributed by atoms with Gasteiger partial charge in [0.05, 0.1) is 12.7 Å². The van der Waals surface area contributed by atoms with Crippen LogP contribution in [0, 0.1) is 0 Å². The molecule has 0 aliphatic heterocycles. The lowest BCUT2D eigenvalue weighted by molar-refractivity contribution is 0.0578. The minimum absolute atomic E-state index is 0.0501. The van der Waals surface area contributed by atoms with Gasteiger partial charge >= 0.3 is 0 Å². The van der Waals surface area contributed by atoms with Gasteiger partial charge in [-0.05, 0) is 29.3 Å². The molecule has 100 valence electrons. The number of benzene rings is 2. The Labute approximate surface area is 137 Å². The average molecular weight is 407 g/mol. The Kier molecular flexibility index (Phi) is 5.95. The van der Waals surface area contributed by atoms with Crippen molar-refractivity contribution in [2.24, 2.45) is 0 Å². The zero-order valence-electron chi connectivity index (χ0n) is 10.2. The SMILES string of the molecule is Clc1ccc(C(CI)OCc2ccccc2Cl)cc1. The number of hydrogen-bond acceptors (Lipinski definition) is 1. The highest BCUT2D eigenvalue weighted by Crippen LogP contribution is 2.25. The van der Waals surface area contributed by atoms with Crippen molar-refractivity contribution in [2.45, 2.75) is 12.7 Å². The van der Waals surface area contributed by atoms with Gasteiger partial charge in [0, 0.05) is 14.5 Å². The van der Waals surface area contributed by atoms with Gasteiger partial charge in [-0.2, -0.15) is 0 Å². The van der Waals surface area contributed by atoms with Crippen LogP contribution in [0.4, 0.5) is 0 Å². The topological polar surface area (TPSA) is 9.23 Å². The summed E-state index contributed by atoms with van der Waals surface area (Å²) in [4.78, 5) is 0. The molecular weight excluding hydrogens is 394 g/mol. The predicted octanol–water partition coefficient (Wildman–Crippen LogP) is 5.69. The summed E-state index contributed by atoms with van der Waals surface area (Å²) in [5, 5.41) is 1.48. The van der Waals surface area contributed by atoms with Crippen LogP contribution in [0.1, 0.15) is 17.2 Å². The van der Waals surface area contributed by atoms with E-state index in [1.54, 1.807) is 0 Å². The normalized spacial score (nSPS) is 12.4. The molecule has 4 heteroatoms. The van der Waals surface area contributed by atoms with Crippen molar-refractivity contribution < 1.29 is 4.74 Å². The van der Waals surface area contributed by atoms with Gasteiger partial charge in [-0.3, -0.25) is 0 Å². The first-order valence-electron chi connectivity index (χ1n) is 5.87. The van der Waals surface area contributed by atoms with E-state index < -0.39 is 0 Å². The Hall–Kier alpha value is -0.290. The first-order chi connectivity index (χ1) is 9.20. The van der Waals surface area contributed by atoms with Crippen LogP contribution in [0.15, 0.2) is 48.5 Å². The second-order valence-corrected chi connectivity index (χ2v) is 5.82. The maximum absolute atomic E-state index is 6.12. The van der Waals surface area contributed by atoms with Crippen LogP contribution in [0.5, 0.6) is 0 Å². The van der Waals surface area contributed by atoms with Gasteiger partial charge in [-0.1, -0.05) is 76.1 Å². The molecule has 19 heavy (non-hydrogen) atoms. The molecule has 2 aromatic carbocycles. The Morgan fingerprint density at radius 2 is 1.68 bits per heavy atom. The molecule has 0 aliphatic rings. The van der Waals surface area contributed by atoms with Gasteiger partial charge in [-0.25, -0.2) is 0 Å². The third-order valence-electron chi connectivity index (χ3n) is 2.78. The highest BCUT2D eigenvalue weighted by Gasteiger charge is 2.11. The van der Waals surface area contributed by atoms with E-state index in [0.29, 0.717) is 6.61 Å². The number of alkyl halides is 1. The molecule has 0 saturated heterocycles. The van der Waals surface area contributed by atoms with Crippen molar-refractivity contribution in [1.29, 1.82) is 0 Å². The van der Waals surface area contributed by atoms with E-state index in [1.165, 1.54) is 0 Å². The van der Waals surface area contributed by atoms with Crippen LogP contribution in [0.3, 0.4) is 0 Å². The highest BCUT2D eigenvalue weighted by atomic mass is 127. The van der Waals surface area contributed by atoms with Gasteiger partial charge in [0.1, 0.15) is 0 Å².